The fourth-order valence-electron chi connectivity index (χ4n) is 2.37. The van der Waals surface area contributed by atoms with Gasteiger partial charge in [-0.1, -0.05) is 0 Å². The summed E-state index contributed by atoms with van der Waals surface area (Å²) in [6.07, 6.45) is 1.55. The van der Waals surface area contributed by atoms with Gasteiger partial charge in [-0.05, 0) is 12.8 Å². The molecule has 0 bridgehead atoms. The van der Waals surface area contributed by atoms with Crippen molar-refractivity contribution in [2.75, 3.05) is 27.9 Å². The van der Waals surface area contributed by atoms with Crippen LogP contribution >= 0.6 is 0 Å². The van der Waals surface area contributed by atoms with E-state index in [1.54, 1.807) is 21.3 Å². The highest BCUT2D eigenvalue weighted by Gasteiger charge is 2.28. The molecule has 0 aromatic heterocycles. The Bertz CT molecular complexity index is 410. The van der Waals surface area contributed by atoms with Crippen LogP contribution in [0.4, 0.5) is 0 Å². The molecule has 2 unspecified atom stereocenters. The topological polar surface area (TPSA) is 62.9 Å². The molecule has 0 spiro atoms. The van der Waals surface area contributed by atoms with E-state index in [1.165, 1.54) is 0 Å². The van der Waals surface area contributed by atoms with E-state index in [0.717, 1.165) is 18.4 Å². The van der Waals surface area contributed by atoms with Crippen molar-refractivity contribution in [3.8, 4) is 17.2 Å². The van der Waals surface area contributed by atoms with Crippen LogP contribution in [0.25, 0.3) is 0 Å². The highest BCUT2D eigenvalue weighted by atomic mass is 16.5. The van der Waals surface area contributed by atoms with Gasteiger partial charge < -0.3 is 24.7 Å². The normalized spacial score (nSPS) is 22.9. The van der Waals surface area contributed by atoms with Gasteiger partial charge in [0.2, 0.25) is 0 Å². The lowest BCUT2D eigenvalue weighted by Crippen LogP contribution is -2.30. The Hall–Kier alpha value is -1.46. The number of nitrogens with two attached hydrogens (primary N) is 1. The molecule has 1 aromatic rings. The van der Waals surface area contributed by atoms with Crippen molar-refractivity contribution in [2.45, 2.75) is 25.0 Å². The van der Waals surface area contributed by atoms with Crippen LogP contribution in [0, 0.1) is 0 Å². The third-order valence-corrected chi connectivity index (χ3v) is 3.40. The lowest BCUT2D eigenvalue weighted by Gasteiger charge is -2.29. The predicted octanol–water partition coefficient (Wildman–Crippen LogP) is 1.89. The Morgan fingerprint density at radius 2 is 1.74 bits per heavy atom. The summed E-state index contributed by atoms with van der Waals surface area (Å²) >= 11 is 0. The number of ether oxygens (including phenoxy) is 4. The number of benzene rings is 1. The van der Waals surface area contributed by atoms with Gasteiger partial charge in [0.1, 0.15) is 17.2 Å². The Labute approximate surface area is 113 Å². The molecule has 1 aliphatic rings. The Morgan fingerprint density at radius 3 is 2.21 bits per heavy atom. The minimum Gasteiger partial charge on any atom is -0.496 e. The van der Waals surface area contributed by atoms with Gasteiger partial charge in [-0.25, -0.2) is 0 Å². The molecule has 1 aromatic carbocycles. The summed E-state index contributed by atoms with van der Waals surface area (Å²) in [6, 6.07) is 3.82. The summed E-state index contributed by atoms with van der Waals surface area (Å²) < 4.78 is 21.9. The second-order valence-corrected chi connectivity index (χ2v) is 4.59. The van der Waals surface area contributed by atoms with Gasteiger partial charge in [-0.2, -0.15) is 0 Å². The van der Waals surface area contributed by atoms with Crippen LogP contribution in [0.2, 0.25) is 0 Å². The Balaban J connectivity index is 2.41. The highest BCUT2D eigenvalue weighted by molar-refractivity contribution is 5.52. The smallest absolute Gasteiger partial charge is 0.132 e. The maximum atomic E-state index is 6.02. The molecule has 0 radical (unpaired) electrons. The van der Waals surface area contributed by atoms with Crippen molar-refractivity contribution < 1.29 is 18.9 Å². The molecule has 1 heterocycles. The minimum atomic E-state index is -0.0976. The molecule has 5 heteroatoms. The first kappa shape index (κ1) is 14.0. The van der Waals surface area contributed by atoms with E-state index in [1.807, 2.05) is 12.1 Å². The lowest BCUT2D eigenvalue weighted by molar-refractivity contribution is 0.00405. The summed E-state index contributed by atoms with van der Waals surface area (Å²) in [5, 5.41) is 0. The maximum absolute atomic E-state index is 6.02. The molecular weight excluding hydrogens is 246 g/mol. The van der Waals surface area contributed by atoms with Crippen LogP contribution in [0.5, 0.6) is 17.2 Å². The molecule has 0 saturated carbocycles. The Morgan fingerprint density at radius 1 is 1.11 bits per heavy atom. The predicted molar refractivity (Wildman–Crippen MR) is 72.0 cm³/mol. The van der Waals surface area contributed by atoms with Crippen molar-refractivity contribution in [3.05, 3.63) is 17.7 Å². The quantitative estimate of drug-likeness (QED) is 0.902. The van der Waals surface area contributed by atoms with Crippen LogP contribution in [-0.4, -0.2) is 34.0 Å². The standard InChI is InChI=1S/C14H21NO4/c1-16-10-7-11(17-2)14(12(8-10)18-3)13-6-9(15)4-5-19-13/h7-9,13H,4-6,15H2,1-3H3. The van der Waals surface area contributed by atoms with Gasteiger partial charge in [-0.3, -0.25) is 0 Å². The zero-order valence-electron chi connectivity index (χ0n) is 11.6. The fraction of sp³-hybridized carbons (Fsp3) is 0.571. The van der Waals surface area contributed by atoms with E-state index in [9.17, 15) is 0 Å². The van der Waals surface area contributed by atoms with E-state index in [4.69, 9.17) is 24.7 Å². The lowest BCUT2D eigenvalue weighted by atomic mass is 9.96. The first-order valence-corrected chi connectivity index (χ1v) is 6.36. The van der Waals surface area contributed by atoms with Gasteiger partial charge in [0.15, 0.2) is 0 Å². The van der Waals surface area contributed by atoms with Crippen LogP contribution in [0.3, 0.4) is 0 Å². The van der Waals surface area contributed by atoms with Crippen molar-refractivity contribution in [1.82, 2.24) is 0 Å². The fourth-order valence-corrected chi connectivity index (χ4v) is 2.37. The van der Waals surface area contributed by atoms with Gasteiger partial charge in [0.05, 0.1) is 33.0 Å². The molecule has 2 rings (SSSR count). The van der Waals surface area contributed by atoms with Crippen molar-refractivity contribution in [1.29, 1.82) is 0 Å². The first-order valence-electron chi connectivity index (χ1n) is 6.36. The number of hydrogen-bond donors (Lipinski definition) is 1. The average molecular weight is 267 g/mol. The van der Waals surface area contributed by atoms with Crippen LogP contribution in [0.1, 0.15) is 24.5 Å². The second-order valence-electron chi connectivity index (χ2n) is 4.59. The van der Waals surface area contributed by atoms with E-state index < -0.39 is 0 Å². The molecule has 2 N–H and O–H groups in total. The summed E-state index contributed by atoms with van der Waals surface area (Å²) in [4.78, 5) is 0. The molecule has 5 nitrogen and oxygen atoms in total. The van der Waals surface area contributed by atoms with Crippen molar-refractivity contribution >= 4 is 0 Å². The van der Waals surface area contributed by atoms with Gasteiger partial charge in [0, 0.05) is 24.8 Å². The molecule has 1 saturated heterocycles. The number of hydrogen-bond acceptors (Lipinski definition) is 5. The highest BCUT2D eigenvalue weighted by Crippen LogP contribution is 2.42. The zero-order chi connectivity index (χ0) is 13.8. The summed E-state index contributed by atoms with van der Waals surface area (Å²) in [5.74, 6) is 2.10. The first-order chi connectivity index (χ1) is 9.19. The molecule has 0 amide bonds. The van der Waals surface area contributed by atoms with Crippen LogP contribution in [0.15, 0.2) is 12.1 Å². The van der Waals surface area contributed by atoms with Gasteiger partial charge >= 0.3 is 0 Å². The largest absolute Gasteiger partial charge is 0.496 e. The van der Waals surface area contributed by atoms with Crippen LogP contribution < -0.4 is 19.9 Å². The monoisotopic (exact) mass is 267 g/mol. The SMILES string of the molecule is COc1cc(OC)c(C2CC(N)CCO2)c(OC)c1. The summed E-state index contributed by atoms with van der Waals surface area (Å²) in [6.45, 7) is 0.657. The Kier molecular flexibility index (Phi) is 4.50. The second kappa shape index (κ2) is 6.12. The number of rotatable bonds is 4. The van der Waals surface area contributed by atoms with E-state index in [2.05, 4.69) is 0 Å². The zero-order valence-corrected chi connectivity index (χ0v) is 11.6. The molecule has 2 atom stereocenters. The molecular formula is C14H21NO4. The molecule has 1 fully saturated rings. The number of methoxy groups -OCH3 is 3. The van der Waals surface area contributed by atoms with Crippen molar-refractivity contribution in [3.63, 3.8) is 0 Å². The van der Waals surface area contributed by atoms with Crippen LogP contribution in [-0.2, 0) is 4.74 Å². The molecule has 1 aliphatic heterocycles. The van der Waals surface area contributed by atoms with E-state index >= 15 is 0 Å². The molecule has 19 heavy (non-hydrogen) atoms. The minimum absolute atomic E-state index is 0.0976. The maximum Gasteiger partial charge on any atom is 0.132 e. The molecule has 0 aliphatic carbocycles. The average Bonchev–Trinajstić information content (AvgIpc) is 2.45. The van der Waals surface area contributed by atoms with Gasteiger partial charge in [0.25, 0.3) is 0 Å². The molecule has 106 valence electrons. The van der Waals surface area contributed by atoms with Crippen molar-refractivity contribution in [2.24, 2.45) is 5.73 Å². The van der Waals surface area contributed by atoms with E-state index in [0.29, 0.717) is 23.9 Å². The third-order valence-electron chi connectivity index (χ3n) is 3.40. The summed E-state index contributed by atoms with van der Waals surface area (Å²) in [5.41, 5.74) is 6.92. The third kappa shape index (κ3) is 2.93. The summed E-state index contributed by atoms with van der Waals surface area (Å²) in [7, 11) is 4.86. The van der Waals surface area contributed by atoms with E-state index in [-0.39, 0.29) is 12.1 Å². The van der Waals surface area contributed by atoms with Gasteiger partial charge in [-0.15, -0.1) is 0 Å².